The number of hydrogen-bond acceptors (Lipinski definition) is 2. The van der Waals surface area contributed by atoms with Crippen LogP contribution in [0.15, 0.2) is 24.3 Å². The first-order chi connectivity index (χ1) is 8.43. The molecule has 0 radical (unpaired) electrons. The Labute approximate surface area is 108 Å². The zero-order valence-corrected chi connectivity index (χ0v) is 11.3. The lowest BCUT2D eigenvalue weighted by Gasteiger charge is -2.28. The smallest absolute Gasteiger partial charge is 0.299 e. The molecule has 96 valence electrons. The van der Waals surface area contributed by atoms with E-state index in [1.165, 1.54) is 0 Å². The first-order valence-electron chi connectivity index (χ1n) is 6.05. The number of carbonyl (C=O) groups is 1. The van der Waals surface area contributed by atoms with Gasteiger partial charge in [0.15, 0.2) is 0 Å². The van der Waals surface area contributed by atoms with E-state index in [4.69, 9.17) is 0 Å². The summed E-state index contributed by atoms with van der Waals surface area (Å²) < 4.78 is 0. The summed E-state index contributed by atoms with van der Waals surface area (Å²) in [5.41, 5.74) is 0.471. The van der Waals surface area contributed by atoms with Crippen molar-refractivity contribution < 1.29 is 9.90 Å². The van der Waals surface area contributed by atoms with Crippen molar-refractivity contribution in [3.63, 3.8) is 0 Å². The van der Waals surface area contributed by atoms with Crippen LogP contribution in [0.2, 0.25) is 0 Å². The van der Waals surface area contributed by atoms with Gasteiger partial charge < -0.3 is 10.0 Å². The largest absolute Gasteiger partial charge is 0.507 e. The molecule has 1 N–H and O–H groups in total. The van der Waals surface area contributed by atoms with Gasteiger partial charge in [0.25, 0.3) is 5.91 Å². The fourth-order valence-corrected chi connectivity index (χ4v) is 1.83. The van der Waals surface area contributed by atoms with Crippen molar-refractivity contribution in [2.24, 2.45) is 0 Å². The first-order valence-corrected chi connectivity index (χ1v) is 6.05. The van der Waals surface area contributed by atoms with Gasteiger partial charge in [-0.25, -0.2) is 0 Å². The first kappa shape index (κ1) is 14.1. The maximum absolute atomic E-state index is 12.0. The fourth-order valence-electron chi connectivity index (χ4n) is 1.83. The lowest BCUT2D eigenvalue weighted by Crippen LogP contribution is -2.41. The van der Waals surface area contributed by atoms with Gasteiger partial charge in [0.1, 0.15) is 5.75 Å². The number of amides is 1. The highest BCUT2D eigenvalue weighted by Gasteiger charge is 2.17. The van der Waals surface area contributed by atoms with Gasteiger partial charge in [-0.2, -0.15) is 0 Å². The second-order valence-electron chi connectivity index (χ2n) is 4.67. The molecule has 3 heteroatoms. The van der Waals surface area contributed by atoms with E-state index >= 15 is 0 Å². The number of rotatable bonds is 2. The number of phenolic OH excluding ortho intramolecular Hbond substituents is 1. The molecule has 0 unspecified atom stereocenters. The Hall–Kier alpha value is -1.95. The number of phenols is 1. The number of benzene rings is 1. The molecule has 0 bridgehead atoms. The van der Waals surface area contributed by atoms with E-state index in [0.717, 1.165) is 0 Å². The van der Waals surface area contributed by atoms with E-state index < -0.39 is 0 Å². The molecule has 3 nitrogen and oxygen atoms in total. The summed E-state index contributed by atoms with van der Waals surface area (Å²) in [7, 11) is 0. The van der Waals surface area contributed by atoms with E-state index in [1.807, 2.05) is 27.7 Å². The monoisotopic (exact) mass is 245 g/mol. The van der Waals surface area contributed by atoms with Gasteiger partial charge in [0.2, 0.25) is 0 Å². The molecule has 0 saturated heterocycles. The van der Waals surface area contributed by atoms with Gasteiger partial charge in [-0.3, -0.25) is 4.79 Å². The number of para-hydroxylation sites is 1. The highest BCUT2D eigenvalue weighted by Crippen LogP contribution is 2.13. The molecule has 18 heavy (non-hydrogen) atoms. The quantitative estimate of drug-likeness (QED) is 0.813. The second-order valence-corrected chi connectivity index (χ2v) is 4.67. The Kier molecular flexibility index (Phi) is 4.79. The molecule has 0 saturated carbocycles. The highest BCUT2D eigenvalue weighted by atomic mass is 16.3. The molecule has 0 atom stereocenters. The van der Waals surface area contributed by atoms with Crippen molar-refractivity contribution in [1.29, 1.82) is 0 Å². The third-order valence-electron chi connectivity index (χ3n) is 2.56. The van der Waals surface area contributed by atoms with Crippen molar-refractivity contribution in [1.82, 2.24) is 4.90 Å². The van der Waals surface area contributed by atoms with Gasteiger partial charge >= 0.3 is 0 Å². The maximum atomic E-state index is 12.0. The third-order valence-corrected chi connectivity index (χ3v) is 2.56. The molecule has 1 rings (SSSR count). The van der Waals surface area contributed by atoms with Crippen LogP contribution in [0, 0.1) is 11.8 Å². The Bertz CT molecular complexity index is 473. The molecule has 0 spiro atoms. The van der Waals surface area contributed by atoms with E-state index in [-0.39, 0.29) is 23.7 Å². The van der Waals surface area contributed by atoms with Crippen LogP contribution >= 0.6 is 0 Å². The summed E-state index contributed by atoms with van der Waals surface area (Å²) in [5.74, 6) is 5.17. The predicted octanol–water partition coefficient (Wildman–Crippen LogP) is 2.39. The number of carbonyl (C=O) groups excluding carboxylic acids is 1. The number of hydrogen-bond donors (Lipinski definition) is 1. The standard InChI is InChI=1S/C15H19NO2/c1-11(2)16(12(3)4)15(18)10-9-13-7-5-6-8-14(13)17/h5-8,11-12,17H,1-4H3. The molecular weight excluding hydrogens is 226 g/mol. The van der Waals surface area contributed by atoms with E-state index in [2.05, 4.69) is 11.8 Å². The van der Waals surface area contributed by atoms with Crippen LogP contribution in [-0.2, 0) is 4.79 Å². The summed E-state index contributed by atoms with van der Waals surface area (Å²) in [5, 5.41) is 9.55. The molecule has 0 fully saturated rings. The van der Waals surface area contributed by atoms with Crippen LogP contribution in [0.1, 0.15) is 33.3 Å². The fraction of sp³-hybridized carbons (Fsp3) is 0.400. The molecule has 0 aliphatic rings. The number of nitrogens with zero attached hydrogens (tertiary/aromatic N) is 1. The Morgan fingerprint density at radius 2 is 1.72 bits per heavy atom. The van der Waals surface area contributed by atoms with Crippen LogP contribution in [0.5, 0.6) is 5.75 Å². The molecular formula is C15H19NO2. The lowest BCUT2D eigenvalue weighted by atomic mass is 10.2. The summed E-state index contributed by atoms with van der Waals surface area (Å²) in [4.78, 5) is 13.7. The van der Waals surface area contributed by atoms with Gasteiger partial charge in [-0.15, -0.1) is 0 Å². The Morgan fingerprint density at radius 1 is 1.17 bits per heavy atom. The molecule has 1 aromatic carbocycles. The normalized spacial score (nSPS) is 10.1. The highest BCUT2D eigenvalue weighted by molar-refractivity contribution is 5.94. The van der Waals surface area contributed by atoms with Crippen molar-refractivity contribution in [3.05, 3.63) is 29.8 Å². The van der Waals surface area contributed by atoms with Crippen molar-refractivity contribution in [2.45, 2.75) is 39.8 Å². The second kappa shape index (κ2) is 6.11. The molecule has 0 aliphatic carbocycles. The van der Waals surface area contributed by atoms with Gasteiger partial charge in [-0.1, -0.05) is 18.1 Å². The van der Waals surface area contributed by atoms with Crippen molar-refractivity contribution in [3.8, 4) is 17.6 Å². The topological polar surface area (TPSA) is 40.5 Å². The average Bonchev–Trinajstić information content (AvgIpc) is 2.27. The summed E-state index contributed by atoms with van der Waals surface area (Å²) >= 11 is 0. The molecule has 1 aromatic rings. The summed E-state index contributed by atoms with van der Waals surface area (Å²) in [6.45, 7) is 7.83. The average molecular weight is 245 g/mol. The Balaban J connectivity index is 2.92. The third kappa shape index (κ3) is 3.53. The SMILES string of the molecule is CC(C)N(C(=O)C#Cc1ccccc1O)C(C)C. The lowest BCUT2D eigenvalue weighted by molar-refractivity contribution is -0.128. The van der Waals surface area contributed by atoms with Crippen LogP contribution < -0.4 is 0 Å². The van der Waals surface area contributed by atoms with E-state index in [0.29, 0.717) is 5.56 Å². The maximum Gasteiger partial charge on any atom is 0.299 e. The minimum absolute atomic E-state index is 0.0958. The molecule has 0 aliphatic heterocycles. The van der Waals surface area contributed by atoms with Gasteiger partial charge in [0.05, 0.1) is 5.56 Å². The van der Waals surface area contributed by atoms with Gasteiger partial charge in [-0.05, 0) is 39.8 Å². The predicted molar refractivity (Wildman–Crippen MR) is 72.1 cm³/mol. The van der Waals surface area contributed by atoms with Crippen LogP contribution in [0.25, 0.3) is 0 Å². The number of aromatic hydroxyl groups is 1. The Morgan fingerprint density at radius 3 is 2.22 bits per heavy atom. The summed E-state index contributed by atoms with van der Waals surface area (Å²) in [6, 6.07) is 6.95. The molecule has 1 amide bonds. The zero-order chi connectivity index (χ0) is 13.7. The minimum Gasteiger partial charge on any atom is -0.507 e. The van der Waals surface area contributed by atoms with Crippen LogP contribution in [-0.4, -0.2) is 28.0 Å². The zero-order valence-electron chi connectivity index (χ0n) is 11.3. The molecule has 0 heterocycles. The van der Waals surface area contributed by atoms with E-state index in [1.54, 1.807) is 29.2 Å². The molecule has 0 aromatic heterocycles. The van der Waals surface area contributed by atoms with E-state index in [9.17, 15) is 9.90 Å². The van der Waals surface area contributed by atoms with Gasteiger partial charge in [0, 0.05) is 18.0 Å². The van der Waals surface area contributed by atoms with Crippen LogP contribution in [0.3, 0.4) is 0 Å². The van der Waals surface area contributed by atoms with Crippen LogP contribution in [0.4, 0.5) is 0 Å². The van der Waals surface area contributed by atoms with Crippen molar-refractivity contribution in [2.75, 3.05) is 0 Å². The van der Waals surface area contributed by atoms with Crippen molar-refractivity contribution >= 4 is 5.91 Å². The summed E-state index contributed by atoms with van der Waals surface area (Å²) in [6.07, 6.45) is 0. The minimum atomic E-state index is -0.219.